The molecule has 9 nitrogen and oxygen atoms in total. The maximum atomic E-state index is 11.8. The first kappa shape index (κ1) is 20.6. The van der Waals surface area contributed by atoms with Gasteiger partial charge in [0.2, 0.25) is 11.6 Å². The van der Waals surface area contributed by atoms with Crippen molar-refractivity contribution in [3.63, 3.8) is 0 Å². The molecule has 3 N–H and O–H groups in total. The van der Waals surface area contributed by atoms with E-state index in [0.717, 1.165) is 48.1 Å². The topological polar surface area (TPSA) is 103 Å². The summed E-state index contributed by atoms with van der Waals surface area (Å²) in [5, 5.41) is 7.03. The van der Waals surface area contributed by atoms with Gasteiger partial charge in [-0.1, -0.05) is 0 Å². The largest absolute Gasteiger partial charge is 0.352 e. The molecule has 2 amide bonds. The number of nitrogens with zero attached hydrogens (tertiary/aromatic N) is 5. The Labute approximate surface area is 181 Å². The molecule has 1 saturated heterocycles. The van der Waals surface area contributed by atoms with Gasteiger partial charge in [0.25, 0.3) is 0 Å². The van der Waals surface area contributed by atoms with Crippen LogP contribution in [-0.2, 0) is 0 Å². The summed E-state index contributed by atoms with van der Waals surface area (Å²) in [6, 6.07) is 2.16. The molecule has 4 heterocycles. The molecular formula is C22H26N8O. The Hall–Kier alpha value is -3.67. The number of carbonyl (C=O) groups excluding carboxylic acids is 1. The number of aryl methyl sites for hydroxylation is 1. The summed E-state index contributed by atoms with van der Waals surface area (Å²) in [6.07, 6.45) is 7.06. The minimum atomic E-state index is -0.0229. The number of hydrogen-bond donors (Lipinski definition) is 3. The smallest absolute Gasteiger partial charge is 0.317 e. The van der Waals surface area contributed by atoms with Gasteiger partial charge >= 0.3 is 6.03 Å². The van der Waals surface area contributed by atoms with E-state index >= 15 is 0 Å². The van der Waals surface area contributed by atoms with Crippen LogP contribution in [0.3, 0.4) is 0 Å². The molecule has 4 rings (SSSR count). The third kappa shape index (κ3) is 4.14. The van der Waals surface area contributed by atoms with Gasteiger partial charge in [0.15, 0.2) is 0 Å². The van der Waals surface area contributed by atoms with Crippen LogP contribution in [0, 0.1) is 19.4 Å². The predicted octanol–water partition coefficient (Wildman–Crippen LogP) is 3.73. The highest BCUT2D eigenvalue weighted by atomic mass is 16.2. The standard InChI is InChI=1S/C22H26N8O/c1-13-9-16-17(11-26-20(16)25-10-13)19-18(23-3)12-27-21(29-19)28-14(2)15-5-7-30(8-6-15)22(31)24-4/h9-12,14-15H,5-8H2,1-2,4H3,(H,24,31)(H,25,26)(H,27,28,29). The van der Waals surface area contributed by atoms with E-state index < -0.39 is 0 Å². The minimum absolute atomic E-state index is 0.0229. The van der Waals surface area contributed by atoms with Crippen LogP contribution in [0.2, 0.25) is 0 Å². The van der Waals surface area contributed by atoms with Crippen molar-refractivity contribution in [3.8, 4) is 11.3 Å². The van der Waals surface area contributed by atoms with Gasteiger partial charge < -0.3 is 20.5 Å². The van der Waals surface area contributed by atoms with Crippen molar-refractivity contribution in [2.24, 2.45) is 5.92 Å². The van der Waals surface area contributed by atoms with Gasteiger partial charge in [-0.25, -0.2) is 24.6 Å². The summed E-state index contributed by atoms with van der Waals surface area (Å²) in [4.78, 5) is 33.9. The molecule has 0 spiro atoms. The van der Waals surface area contributed by atoms with Crippen molar-refractivity contribution in [2.45, 2.75) is 32.7 Å². The molecule has 9 heteroatoms. The maximum Gasteiger partial charge on any atom is 0.317 e. The summed E-state index contributed by atoms with van der Waals surface area (Å²) in [5.74, 6) is 0.909. The van der Waals surface area contributed by atoms with Gasteiger partial charge in [0, 0.05) is 55.7 Å². The van der Waals surface area contributed by atoms with Crippen LogP contribution in [0.5, 0.6) is 0 Å². The fourth-order valence-electron chi connectivity index (χ4n) is 4.11. The Balaban J connectivity index is 1.55. The Bertz CT molecular complexity index is 1140. The highest BCUT2D eigenvalue weighted by molar-refractivity contribution is 5.96. The molecule has 1 aliphatic rings. The second kappa shape index (κ2) is 8.60. The van der Waals surface area contributed by atoms with Gasteiger partial charge in [0.1, 0.15) is 5.65 Å². The second-order valence-electron chi connectivity index (χ2n) is 7.96. The molecule has 3 aromatic rings. The summed E-state index contributed by atoms with van der Waals surface area (Å²) >= 11 is 0. The monoisotopic (exact) mass is 418 g/mol. The molecule has 0 bridgehead atoms. The molecule has 3 aromatic heterocycles. The summed E-state index contributed by atoms with van der Waals surface area (Å²) in [6.45, 7) is 13.1. The number of carbonyl (C=O) groups is 1. The van der Waals surface area contributed by atoms with E-state index in [1.54, 1.807) is 13.2 Å². The number of pyridine rings is 1. The zero-order chi connectivity index (χ0) is 22.0. The van der Waals surface area contributed by atoms with Crippen molar-refractivity contribution in [3.05, 3.63) is 41.6 Å². The van der Waals surface area contributed by atoms with Gasteiger partial charge in [-0.05, 0) is 44.2 Å². The quantitative estimate of drug-likeness (QED) is 0.560. The predicted molar refractivity (Wildman–Crippen MR) is 120 cm³/mol. The number of piperidine rings is 1. The molecule has 160 valence electrons. The molecule has 31 heavy (non-hydrogen) atoms. The Morgan fingerprint density at radius 2 is 2.10 bits per heavy atom. The second-order valence-corrected chi connectivity index (χ2v) is 7.96. The van der Waals surface area contributed by atoms with Crippen LogP contribution in [0.25, 0.3) is 27.1 Å². The number of likely N-dealkylation sites (tertiary alicyclic amines) is 1. The molecule has 0 aliphatic carbocycles. The number of fused-ring (bicyclic) bond motifs is 1. The van der Waals surface area contributed by atoms with E-state index in [9.17, 15) is 4.79 Å². The van der Waals surface area contributed by atoms with Gasteiger partial charge in [-0.3, -0.25) is 0 Å². The SMILES string of the molecule is [C-]#[N+]c1cnc(NC(C)C2CCN(C(=O)NC)CC2)nc1-c1c[nH]c2ncc(C)cc12. The Kier molecular flexibility index (Phi) is 5.71. The highest BCUT2D eigenvalue weighted by Crippen LogP contribution is 2.34. The number of anilines is 1. The van der Waals surface area contributed by atoms with Gasteiger partial charge in [-0.2, -0.15) is 0 Å². The van der Waals surface area contributed by atoms with Crippen LogP contribution < -0.4 is 10.6 Å². The lowest BCUT2D eigenvalue weighted by Gasteiger charge is -2.34. The number of rotatable bonds is 4. The number of urea groups is 1. The number of aromatic nitrogens is 4. The zero-order valence-corrected chi connectivity index (χ0v) is 17.9. The van der Waals surface area contributed by atoms with Crippen LogP contribution in [0.1, 0.15) is 25.3 Å². The number of H-pyrrole nitrogens is 1. The van der Waals surface area contributed by atoms with Crippen molar-refractivity contribution >= 4 is 28.7 Å². The maximum absolute atomic E-state index is 11.8. The first-order chi connectivity index (χ1) is 15.0. The molecule has 1 unspecified atom stereocenters. The summed E-state index contributed by atoms with van der Waals surface area (Å²) < 4.78 is 0. The lowest BCUT2D eigenvalue weighted by molar-refractivity contribution is 0.168. The van der Waals surface area contributed by atoms with Crippen molar-refractivity contribution in [1.29, 1.82) is 0 Å². The Morgan fingerprint density at radius 1 is 1.32 bits per heavy atom. The summed E-state index contributed by atoms with van der Waals surface area (Å²) in [5.41, 5.74) is 3.64. The number of aromatic amines is 1. The number of hydrogen-bond acceptors (Lipinski definition) is 5. The minimum Gasteiger partial charge on any atom is -0.352 e. The molecule has 1 fully saturated rings. The van der Waals surface area contributed by atoms with Crippen LogP contribution >= 0.6 is 0 Å². The third-order valence-electron chi connectivity index (χ3n) is 5.92. The van der Waals surface area contributed by atoms with E-state index in [2.05, 4.69) is 37.4 Å². The fourth-order valence-corrected chi connectivity index (χ4v) is 4.11. The first-order valence-corrected chi connectivity index (χ1v) is 10.4. The fraction of sp³-hybridized carbons (Fsp3) is 0.409. The van der Waals surface area contributed by atoms with Gasteiger partial charge in [-0.15, -0.1) is 0 Å². The number of amides is 2. The molecule has 0 aromatic carbocycles. The lowest BCUT2D eigenvalue weighted by atomic mass is 9.90. The van der Waals surface area contributed by atoms with Gasteiger partial charge in [0.05, 0.1) is 12.3 Å². The van der Waals surface area contributed by atoms with Crippen molar-refractivity contribution < 1.29 is 4.79 Å². The number of nitrogens with one attached hydrogen (secondary N) is 3. The van der Waals surface area contributed by atoms with E-state index in [1.807, 2.05) is 30.3 Å². The molecule has 0 saturated carbocycles. The average Bonchev–Trinajstić information content (AvgIpc) is 3.21. The van der Waals surface area contributed by atoms with E-state index in [-0.39, 0.29) is 12.1 Å². The molecular weight excluding hydrogens is 392 g/mol. The van der Waals surface area contributed by atoms with E-state index in [0.29, 0.717) is 23.2 Å². The lowest BCUT2D eigenvalue weighted by Crippen LogP contribution is -2.45. The third-order valence-corrected chi connectivity index (χ3v) is 5.92. The molecule has 1 aliphatic heterocycles. The molecule has 0 radical (unpaired) electrons. The highest BCUT2D eigenvalue weighted by Gasteiger charge is 2.26. The van der Waals surface area contributed by atoms with Crippen LogP contribution in [0.15, 0.2) is 24.7 Å². The van der Waals surface area contributed by atoms with Crippen molar-refractivity contribution in [1.82, 2.24) is 30.2 Å². The molecule has 1 atom stereocenters. The van der Waals surface area contributed by atoms with Crippen molar-refractivity contribution in [2.75, 3.05) is 25.5 Å². The summed E-state index contributed by atoms with van der Waals surface area (Å²) in [7, 11) is 1.66. The zero-order valence-electron chi connectivity index (χ0n) is 17.9. The van der Waals surface area contributed by atoms with E-state index in [4.69, 9.17) is 11.6 Å². The van der Waals surface area contributed by atoms with Crippen LogP contribution in [0.4, 0.5) is 16.4 Å². The Morgan fingerprint density at radius 3 is 2.81 bits per heavy atom. The average molecular weight is 419 g/mol. The van der Waals surface area contributed by atoms with E-state index in [1.165, 1.54) is 0 Å². The first-order valence-electron chi connectivity index (χ1n) is 10.4. The van der Waals surface area contributed by atoms with Crippen LogP contribution in [-0.4, -0.2) is 57.0 Å². The normalized spacial score (nSPS) is 15.5.